The monoisotopic (exact) mass is 1260 g/mol. The van der Waals surface area contributed by atoms with Crippen molar-refractivity contribution in [2.24, 2.45) is 0 Å². The molecule has 0 unspecified atom stereocenters. The van der Waals surface area contributed by atoms with Gasteiger partial charge in [-0.2, -0.15) is 0 Å². The van der Waals surface area contributed by atoms with E-state index in [0.717, 1.165) is 86.5 Å². The minimum Gasteiger partial charge on any atom is -0.462 e. The van der Waals surface area contributed by atoms with Gasteiger partial charge in [-0.25, -0.2) is 28.8 Å². The van der Waals surface area contributed by atoms with Crippen LogP contribution in [0.1, 0.15) is 104 Å². The molecule has 8 aromatic rings. The number of aryl methyl sites for hydroxylation is 2. The Kier molecular flexibility index (Phi) is 27.8. The molecule has 0 spiro atoms. The minimum atomic E-state index is -0.456. The van der Waals surface area contributed by atoms with Crippen molar-refractivity contribution < 1.29 is 57.2 Å². The van der Waals surface area contributed by atoms with Crippen LogP contribution in [-0.2, 0) is 62.4 Å². The molecule has 0 aliphatic carbocycles. The third-order valence-electron chi connectivity index (χ3n) is 13.4. The van der Waals surface area contributed by atoms with Crippen molar-refractivity contribution in [3.8, 4) is 63.9 Å². The second-order valence-corrected chi connectivity index (χ2v) is 22.1. The van der Waals surface area contributed by atoms with Gasteiger partial charge in [-0.3, -0.25) is 0 Å². The fraction of sp³-hybridized carbons (Fsp3) is 0.157. The standard InChI is InChI=1S/C31H28O4.C29H26O4.C23H20O4/c1-22(2)30(32)34-21-5-6-24-7-9-25(10-8-24)11-12-26-13-15-27(16-14-26)28-17-19-29(20-18-28)35-31(33)23(3)4;1-20(2)28(30)32-17-5-6-22-7-9-23(10-8-22)11-12-24-13-14-26-19-27(16-15-25(26)18-24)33-29(31)21(3)4;1-16(2)22(24)26-15-20-9-7-18(8-10-20)5-6-19-11-13-21(14-12-19)27-23(25)17(3)4/h7-10,13-20H,1,3,5-6,21H2,2,4H3;7-10,13-16,18-19H,1,3,5-6,17H2,2,4H3;7-14H,1,3,15H2,2,4H3. The van der Waals surface area contributed by atoms with Crippen molar-refractivity contribution in [1.82, 2.24) is 0 Å². The number of fused-ring (bicyclic) bond motifs is 1. The molecular weight excluding hydrogens is 1190 g/mol. The van der Waals surface area contributed by atoms with Crippen LogP contribution in [0.4, 0.5) is 0 Å². The predicted octanol–water partition coefficient (Wildman–Crippen LogP) is 16.2. The van der Waals surface area contributed by atoms with Crippen LogP contribution in [0.25, 0.3) is 21.9 Å². The van der Waals surface area contributed by atoms with Crippen molar-refractivity contribution in [1.29, 1.82) is 0 Å². The van der Waals surface area contributed by atoms with Gasteiger partial charge in [0.05, 0.1) is 13.2 Å². The van der Waals surface area contributed by atoms with Crippen LogP contribution < -0.4 is 14.2 Å². The van der Waals surface area contributed by atoms with Crippen molar-refractivity contribution in [2.75, 3.05) is 13.2 Å². The normalized spacial score (nSPS) is 9.92. The highest BCUT2D eigenvalue weighted by atomic mass is 16.6. The minimum absolute atomic E-state index is 0.198. The lowest BCUT2D eigenvalue weighted by atomic mass is 10.0. The molecule has 0 N–H and O–H groups in total. The largest absolute Gasteiger partial charge is 0.462 e. The van der Waals surface area contributed by atoms with E-state index >= 15 is 0 Å². The number of ether oxygens (including phenoxy) is 6. The lowest BCUT2D eigenvalue weighted by molar-refractivity contribution is -0.140. The van der Waals surface area contributed by atoms with E-state index in [1.807, 2.05) is 140 Å². The molecule has 0 fully saturated rings. The Hall–Kier alpha value is -12.0. The average molecular weight is 1260 g/mol. The Morgan fingerprint density at radius 1 is 0.295 bits per heavy atom. The van der Waals surface area contributed by atoms with E-state index in [1.54, 1.807) is 84.0 Å². The molecule has 0 radical (unpaired) electrons. The highest BCUT2D eigenvalue weighted by molar-refractivity contribution is 5.92. The van der Waals surface area contributed by atoms with Gasteiger partial charge in [-0.05, 0) is 215 Å². The van der Waals surface area contributed by atoms with Gasteiger partial charge in [0.1, 0.15) is 23.9 Å². The summed E-state index contributed by atoms with van der Waals surface area (Å²) in [5.41, 5.74) is 12.9. The van der Waals surface area contributed by atoms with Gasteiger partial charge in [-0.1, -0.05) is 148 Å². The number of hydrogen-bond donors (Lipinski definition) is 0. The SMILES string of the molecule is C=C(C)C(=O)OCCCc1ccc(C#Cc2ccc(-c3ccc(OC(=O)C(=C)C)cc3)cc2)cc1.C=C(C)C(=O)OCCCc1ccc(C#Cc2ccc3cc(OC(=O)C(=C)C)ccc3c2)cc1.C=C(C)C(=O)OCc1ccc(C#Cc2ccc(OC(=O)C(=C)C)cc2)cc1. The Balaban J connectivity index is 0.000000228. The average Bonchev–Trinajstić information content (AvgIpc) is 0.865. The Labute approximate surface area is 556 Å². The summed E-state index contributed by atoms with van der Waals surface area (Å²) in [5.74, 6) is 17.9. The first kappa shape index (κ1) is 72.0. The van der Waals surface area contributed by atoms with E-state index in [1.165, 1.54) is 11.1 Å². The second kappa shape index (κ2) is 36.7. The molecule has 0 bridgehead atoms. The van der Waals surface area contributed by atoms with Crippen molar-refractivity contribution in [2.45, 2.75) is 73.8 Å². The van der Waals surface area contributed by atoms with Gasteiger partial charge in [0.2, 0.25) is 0 Å². The highest BCUT2D eigenvalue weighted by Gasteiger charge is 2.11. The van der Waals surface area contributed by atoms with E-state index in [0.29, 0.717) is 63.9 Å². The fourth-order valence-electron chi connectivity index (χ4n) is 8.04. The Bertz CT molecular complexity index is 4360. The highest BCUT2D eigenvalue weighted by Crippen LogP contribution is 2.25. The number of esters is 6. The first-order valence-corrected chi connectivity index (χ1v) is 30.3. The summed E-state index contributed by atoms with van der Waals surface area (Å²) in [6.07, 6.45) is 3.18. The summed E-state index contributed by atoms with van der Waals surface area (Å²) in [4.78, 5) is 68.9. The first-order chi connectivity index (χ1) is 45.5. The molecular formula is C83H74O12. The van der Waals surface area contributed by atoms with Gasteiger partial charge >= 0.3 is 35.8 Å². The number of benzene rings is 8. The first-order valence-electron chi connectivity index (χ1n) is 30.3. The van der Waals surface area contributed by atoms with Crippen molar-refractivity contribution in [3.63, 3.8) is 0 Å². The van der Waals surface area contributed by atoms with Crippen molar-refractivity contribution >= 4 is 46.6 Å². The maximum Gasteiger partial charge on any atom is 0.338 e. The maximum absolute atomic E-state index is 11.7. The fourth-order valence-corrected chi connectivity index (χ4v) is 8.04. The molecule has 0 aromatic heterocycles. The summed E-state index contributed by atoms with van der Waals surface area (Å²) >= 11 is 0. The molecule has 0 amide bonds. The van der Waals surface area contributed by atoms with Gasteiger partial charge in [0.25, 0.3) is 0 Å². The molecule has 0 atom stereocenters. The smallest absolute Gasteiger partial charge is 0.338 e. The molecule has 0 saturated carbocycles. The number of hydrogen-bond acceptors (Lipinski definition) is 12. The van der Waals surface area contributed by atoms with Crippen LogP contribution in [0.3, 0.4) is 0 Å². The molecule has 0 saturated heterocycles. The van der Waals surface area contributed by atoms with E-state index in [-0.39, 0.29) is 18.5 Å². The van der Waals surface area contributed by atoms with E-state index < -0.39 is 23.9 Å². The zero-order valence-electron chi connectivity index (χ0n) is 54.4. The van der Waals surface area contributed by atoms with E-state index in [4.69, 9.17) is 28.4 Å². The van der Waals surface area contributed by atoms with Crippen LogP contribution in [0.2, 0.25) is 0 Å². The topological polar surface area (TPSA) is 158 Å². The van der Waals surface area contributed by atoms with Crippen molar-refractivity contribution in [3.05, 3.63) is 305 Å². The summed E-state index contributed by atoms with van der Waals surface area (Å²) in [5, 5.41) is 1.98. The zero-order valence-corrected chi connectivity index (χ0v) is 54.4. The van der Waals surface area contributed by atoms with E-state index in [9.17, 15) is 28.8 Å². The number of carbonyl (C=O) groups is 6. The summed E-state index contributed by atoms with van der Waals surface area (Å²) in [6, 6.07) is 57.3. The maximum atomic E-state index is 11.7. The molecule has 8 aromatic carbocycles. The molecule has 12 heteroatoms. The lowest BCUT2D eigenvalue weighted by Crippen LogP contribution is -2.07. The molecule has 12 nitrogen and oxygen atoms in total. The summed E-state index contributed by atoms with van der Waals surface area (Å²) in [7, 11) is 0. The molecule has 478 valence electrons. The van der Waals surface area contributed by atoms with Gasteiger partial charge < -0.3 is 28.4 Å². The quantitative estimate of drug-likeness (QED) is 0.0178. The molecule has 95 heavy (non-hydrogen) atoms. The zero-order chi connectivity index (χ0) is 68.8. The third-order valence-corrected chi connectivity index (χ3v) is 13.4. The van der Waals surface area contributed by atoms with Gasteiger partial charge in [0, 0.05) is 66.8 Å². The van der Waals surface area contributed by atoms with Crippen LogP contribution >= 0.6 is 0 Å². The molecule has 0 aliphatic heterocycles. The molecule has 8 rings (SSSR count). The number of rotatable bonds is 20. The van der Waals surface area contributed by atoms with Crippen LogP contribution in [0.15, 0.2) is 255 Å². The Morgan fingerprint density at radius 3 is 0.958 bits per heavy atom. The van der Waals surface area contributed by atoms with Crippen LogP contribution in [0.5, 0.6) is 17.2 Å². The molecule has 0 heterocycles. The van der Waals surface area contributed by atoms with Gasteiger partial charge in [0.15, 0.2) is 0 Å². The lowest BCUT2D eigenvalue weighted by Gasteiger charge is -2.06. The van der Waals surface area contributed by atoms with Gasteiger partial charge in [-0.15, -0.1) is 0 Å². The summed E-state index contributed by atoms with van der Waals surface area (Å²) < 4.78 is 31.0. The molecule has 0 aliphatic rings. The van der Waals surface area contributed by atoms with E-state index in [2.05, 4.69) is 75.0 Å². The van der Waals surface area contributed by atoms with Crippen LogP contribution in [-0.4, -0.2) is 49.0 Å². The Morgan fingerprint density at radius 2 is 0.568 bits per heavy atom. The van der Waals surface area contributed by atoms with Crippen LogP contribution in [0, 0.1) is 35.5 Å². The second-order valence-electron chi connectivity index (χ2n) is 22.1. The number of carbonyl (C=O) groups excluding carboxylic acids is 6. The predicted molar refractivity (Wildman–Crippen MR) is 374 cm³/mol. The third kappa shape index (κ3) is 25.3. The summed E-state index contributed by atoms with van der Waals surface area (Å²) in [6.45, 7) is 32.1.